The minimum atomic E-state index is -1.05. The van der Waals surface area contributed by atoms with Gasteiger partial charge in [0.25, 0.3) is 11.8 Å². The maximum absolute atomic E-state index is 12.3. The van der Waals surface area contributed by atoms with Crippen molar-refractivity contribution in [1.29, 1.82) is 0 Å². The van der Waals surface area contributed by atoms with Crippen LogP contribution in [0.2, 0.25) is 0 Å². The highest BCUT2D eigenvalue weighted by atomic mass is 16.5. The van der Waals surface area contributed by atoms with Crippen molar-refractivity contribution >= 4 is 23.9 Å². The van der Waals surface area contributed by atoms with Gasteiger partial charge in [0.05, 0.1) is 13.1 Å². The zero-order valence-corrected chi connectivity index (χ0v) is 22.8. The van der Waals surface area contributed by atoms with Crippen LogP contribution < -0.4 is 20.1 Å². The second-order valence-corrected chi connectivity index (χ2v) is 10.9. The molecule has 6 amide bonds. The lowest BCUT2D eigenvalue weighted by Crippen LogP contribution is -2.42. The highest BCUT2D eigenvalue weighted by Gasteiger charge is 2.45. The largest absolute Gasteiger partial charge is 0.491 e. The van der Waals surface area contributed by atoms with Crippen LogP contribution in [0.25, 0.3) is 11.1 Å². The third kappa shape index (κ3) is 6.35. The zero-order valence-electron chi connectivity index (χ0n) is 22.8. The van der Waals surface area contributed by atoms with Crippen LogP contribution in [0.3, 0.4) is 0 Å². The molecule has 4 N–H and O–H groups in total. The molecule has 214 valence electrons. The number of urea groups is 2. The number of nitrogens with zero attached hydrogens (tertiary/aromatic N) is 2. The SMILES string of the molecule is CC1(C)NC(=O)N(C[C@H](O)COc2ccc(-c3ccc(OC[C@@H](O)CN4C(=O)NC(C)(C)C4=O)cc3)cc2)C1=O. The highest BCUT2D eigenvalue weighted by Crippen LogP contribution is 2.25. The molecular formula is C28H34N4O8. The molecule has 0 aromatic heterocycles. The van der Waals surface area contributed by atoms with Gasteiger partial charge in [-0.2, -0.15) is 0 Å². The molecule has 2 fully saturated rings. The average Bonchev–Trinajstić information content (AvgIpc) is 3.22. The molecule has 12 heteroatoms. The Morgan fingerprint density at radius 1 is 0.650 bits per heavy atom. The molecule has 0 unspecified atom stereocenters. The van der Waals surface area contributed by atoms with Crippen LogP contribution in [0.15, 0.2) is 48.5 Å². The van der Waals surface area contributed by atoms with Crippen LogP contribution in [0.1, 0.15) is 27.7 Å². The van der Waals surface area contributed by atoms with Gasteiger partial charge in [0.1, 0.15) is 48.0 Å². The molecule has 2 heterocycles. The molecule has 2 atom stereocenters. The van der Waals surface area contributed by atoms with Gasteiger partial charge in [-0.05, 0) is 63.1 Å². The predicted molar refractivity (Wildman–Crippen MR) is 144 cm³/mol. The second kappa shape index (κ2) is 11.1. The Morgan fingerprint density at radius 3 is 1.25 bits per heavy atom. The molecule has 0 bridgehead atoms. The van der Waals surface area contributed by atoms with E-state index in [0.29, 0.717) is 11.5 Å². The van der Waals surface area contributed by atoms with Gasteiger partial charge in [0, 0.05) is 0 Å². The fourth-order valence-corrected chi connectivity index (χ4v) is 4.37. The number of hydrogen-bond acceptors (Lipinski definition) is 8. The van der Waals surface area contributed by atoms with Gasteiger partial charge >= 0.3 is 12.1 Å². The smallest absolute Gasteiger partial charge is 0.325 e. The fourth-order valence-electron chi connectivity index (χ4n) is 4.37. The number of aliphatic hydroxyl groups excluding tert-OH is 2. The summed E-state index contributed by atoms with van der Waals surface area (Å²) in [5.74, 6) is 0.237. The summed E-state index contributed by atoms with van der Waals surface area (Å²) < 4.78 is 11.2. The van der Waals surface area contributed by atoms with Gasteiger partial charge in [0.15, 0.2) is 0 Å². The van der Waals surface area contributed by atoms with E-state index < -0.39 is 47.2 Å². The Kier molecular flexibility index (Phi) is 8.03. The molecule has 4 rings (SSSR count). The van der Waals surface area contributed by atoms with E-state index in [-0.39, 0.29) is 26.3 Å². The molecular weight excluding hydrogens is 520 g/mol. The molecule has 2 aliphatic heterocycles. The normalized spacial score (nSPS) is 19.4. The molecule has 12 nitrogen and oxygen atoms in total. The molecule has 2 aromatic rings. The second-order valence-electron chi connectivity index (χ2n) is 10.9. The van der Waals surface area contributed by atoms with Crippen LogP contribution in [0, 0.1) is 0 Å². The van der Waals surface area contributed by atoms with Gasteiger partial charge in [0.2, 0.25) is 0 Å². The van der Waals surface area contributed by atoms with Crippen molar-refractivity contribution in [1.82, 2.24) is 20.4 Å². The van der Waals surface area contributed by atoms with Crippen LogP contribution >= 0.6 is 0 Å². The Labute approximate surface area is 231 Å². The first-order valence-electron chi connectivity index (χ1n) is 12.9. The summed E-state index contributed by atoms with van der Waals surface area (Å²) in [5, 5.41) is 25.7. The first-order valence-corrected chi connectivity index (χ1v) is 12.9. The molecule has 2 saturated heterocycles. The number of amides is 6. The summed E-state index contributed by atoms with van der Waals surface area (Å²) in [6.45, 7) is 5.89. The lowest BCUT2D eigenvalue weighted by Gasteiger charge is -2.19. The number of carbonyl (C=O) groups is 4. The monoisotopic (exact) mass is 554 g/mol. The van der Waals surface area contributed by atoms with E-state index in [4.69, 9.17) is 9.47 Å². The third-order valence-electron chi connectivity index (χ3n) is 6.60. The van der Waals surface area contributed by atoms with Gasteiger partial charge in [-0.15, -0.1) is 0 Å². The zero-order chi connectivity index (χ0) is 29.2. The van der Waals surface area contributed by atoms with Crippen molar-refractivity contribution in [2.24, 2.45) is 0 Å². The number of imide groups is 2. The maximum Gasteiger partial charge on any atom is 0.325 e. The van der Waals surface area contributed by atoms with E-state index >= 15 is 0 Å². The van der Waals surface area contributed by atoms with Crippen molar-refractivity contribution in [3.8, 4) is 22.6 Å². The molecule has 0 radical (unpaired) electrons. The van der Waals surface area contributed by atoms with Gasteiger partial charge in [-0.3, -0.25) is 19.4 Å². The average molecular weight is 555 g/mol. The number of hydrogen-bond donors (Lipinski definition) is 4. The summed E-state index contributed by atoms with van der Waals surface area (Å²) in [7, 11) is 0. The Morgan fingerprint density at radius 2 is 0.975 bits per heavy atom. The van der Waals surface area contributed by atoms with Crippen LogP contribution in [-0.4, -0.2) is 93.5 Å². The van der Waals surface area contributed by atoms with E-state index in [1.165, 1.54) is 0 Å². The number of β-amino-alcohol motifs (C(OH)–C–C–N with tert-alkyl or cyclic N) is 2. The molecule has 0 spiro atoms. The Hall–Kier alpha value is -4.16. The summed E-state index contributed by atoms with van der Waals surface area (Å²) in [6.07, 6.45) is -2.09. The fraction of sp³-hybridized carbons (Fsp3) is 0.429. The van der Waals surface area contributed by atoms with Crippen LogP contribution in [0.4, 0.5) is 9.59 Å². The van der Waals surface area contributed by atoms with E-state index in [1.54, 1.807) is 52.0 Å². The number of benzene rings is 2. The maximum atomic E-state index is 12.3. The summed E-state index contributed by atoms with van der Waals surface area (Å²) in [6, 6.07) is 13.3. The van der Waals surface area contributed by atoms with Crippen LogP contribution in [0.5, 0.6) is 11.5 Å². The number of aliphatic hydroxyl groups is 2. The lowest BCUT2D eigenvalue weighted by molar-refractivity contribution is -0.132. The first kappa shape index (κ1) is 28.8. The van der Waals surface area contributed by atoms with Gasteiger partial charge in [-0.25, -0.2) is 9.59 Å². The van der Waals surface area contributed by atoms with Crippen molar-refractivity contribution in [2.75, 3.05) is 26.3 Å². The van der Waals surface area contributed by atoms with Crippen molar-refractivity contribution in [2.45, 2.75) is 51.0 Å². The quantitative estimate of drug-likeness (QED) is 0.304. The molecule has 0 saturated carbocycles. The van der Waals surface area contributed by atoms with Crippen LogP contribution in [-0.2, 0) is 9.59 Å². The van der Waals surface area contributed by atoms with Crippen molar-refractivity contribution < 1.29 is 38.9 Å². The number of nitrogens with one attached hydrogen (secondary N) is 2. The van der Waals surface area contributed by atoms with Gasteiger partial charge in [-0.1, -0.05) is 24.3 Å². The van der Waals surface area contributed by atoms with Crippen molar-refractivity contribution in [3.63, 3.8) is 0 Å². The molecule has 0 aliphatic carbocycles. The molecule has 2 aliphatic rings. The summed E-state index contributed by atoms with van der Waals surface area (Å²) in [4.78, 5) is 50.4. The minimum absolute atomic E-state index is 0.0942. The van der Waals surface area contributed by atoms with E-state index in [0.717, 1.165) is 20.9 Å². The van der Waals surface area contributed by atoms with E-state index in [2.05, 4.69) is 10.6 Å². The third-order valence-corrected chi connectivity index (χ3v) is 6.60. The number of ether oxygens (including phenoxy) is 2. The Bertz CT molecular complexity index is 1180. The lowest BCUT2D eigenvalue weighted by atomic mass is 10.1. The first-order chi connectivity index (χ1) is 18.8. The number of rotatable bonds is 11. The summed E-state index contributed by atoms with van der Waals surface area (Å²) >= 11 is 0. The van der Waals surface area contributed by atoms with Gasteiger partial charge < -0.3 is 30.3 Å². The molecule has 40 heavy (non-hydrogen) atoms. The van der Waals surface area contributed by atoms with Crippen molar-refractivity contribution in [3.05, 3.63) is 48.5 Å². The highest BCUT2D eigenvalue weighted by molar-refractivity contribution is 6.07. The topological polar surface area (TPSA) is 158 Å². The van der Waals surface area contributed by atoms with E-state index in [9.17, 15) is 29.4 Å². The summed E-state index contributed by atoms with van der Waals surface area (Å²) in [5.41, 5.74) is -0.180. The molecule has 2 aromatic carbocycles. The minimum Gasteiger partial charge on any atom is -0.491 e. The Balaban J connectivity index is 1.23. The van der Waals surface area contributed by atoms with E-state index in [1.807, 2.05) is 24.3 Å². The number of carbonyl (C=O) groups excluding carboxylic acids is 4. The standard InChI is InChI=1S/C28H34N4O8/c1-27(2)23(35)31(25(37)29-27)13-19(33)15-39-21-9-5-17(6-10-21)18-7-11-22(12-8-18)40-16-20(34)14-32-24(36)28(3,4)30-26(32)38/h5-12,19-20,33-34H,13-16H2,1-4H3,(H,29,37)(H,30,38)/t19-,20-/m0/s1. The predicted octanol–water partition coefficient (Wildman–Crippen LogP) is 1.49.